The van der Waals surface area contributed by atoms with Crippen molar-refractivity contribution >= 4 is 23.2 Å². The zero-order valence-corrected chi connectivity index (χ0v) is 12.0. The lowest BCUT2D eigenvalue weighted by Gasteiger charge is -2.14. The number of carboxylic acid groups (broad SMARTS) is 1. The number of likely N-dealkylation sites (tertiary alicyclic amines) is 1. The molecule has 3 rings (SSSR count). The Morgan fingerprint density at radius 1 is 1.52 bits per heavy atom. The van der Waals surface area contributed by atoms with Gasteiger partial charge in [-0.3, -0.25) is 9.59 Å². The van der Waals surface area contributed by atoms with E-state index >= 15 is 0 Å². The van der Waals surface area contributed by atoms with E-state index in [1.807, 2.05) is 11.4 Å². The minimum atomic E-state index is -0.832. The van der Waals surface area contributed by atoms with Gasteiger partial charge in [-0.15, -0.1) is 11.3 Å². The molecule has 1 amide bonds. The van der Waals surface area contributed by atoms with Crippen LogP contribution in [-0.4, -0.2) is 40.0 Å². The molecule has 0 aromatic carbocycles. The lowest BCUT2D eigenvalue weighted by Crippen LogP contribution is -2.31. The van der Waals surface area contributed by atoms with E-state index in [-0.39, 0.29) is 12.3 Å². The molecule has 1 saturated heterocycles. The van der Waals surface area contributed by atoms with Crippen molar-refractivity contribution in [1.29, 1.82) is 0 Å². The van der Waals surface area contributed by atoms with E-state index in [9.17, 15) is 9.59 Å². The van der Waals surface area contributed by atoms with Crippen LogP contribution in [0.25, 0.3) is 10.6 Å². The Labute approximate surface area is 125 Å². The summed E-state index contributed by atoms with van der Waals surface area (Å²) in [4.78, 5) is 29.1. The van der Waals surface area contributed by atoms with Crippen molar-refractivity contribution in [3.8, 4) is 10.6 Å². The lowest BCUT2D eigenvalue weighted by molar-refractivity contribution is -0.141. The van der Waals surface area contributed by atoms with Gasteiger partial charge in [0, 0.05) is 24.0 Å². The molecule has 0 spiro atoms. The summed E-state index contributed by atoms with van der Waals surface area (Å²) in [5.41, 5.74) is 1.60. The van der Waals surface area contributed by atoms with Gasteiger partial charge >= 0.3 is 5.97 Å². The maximum atomic E-state index is 12.2. The molecule has 0 unspecified atom stereocenters. The van der Waals surface area contributed by atoms with E-state index in [1.54, 1.807) is 17.4 Å². The highest BCUT2D eigenvalue weighted by Crippen LogP contribution is 2.25. The van der Waals surface area contributed by atoms with Gasteiger partial charge in [-0.05, 0) is 12.5 Å². The number of carbonyl (C=O) groups excluding carboxylic acids is 1. The Balaban J connectivity index is 1.62. The van der Waals surface area contributed by atoms with Gasteiger partial charge in [0.15, 0.2) is 0 Å². The summed E-state index contributed by atoms with van der Waals surface area (Å²) in [5, 5.41) is 11.6. The lowest BCUT2D eigenvalue weighted by atomic mass is 10.1. The zero-order valence-electron chi connectivity index (χ0n) is 11.2. The molecule has 0 saturated carbocycles. The number of nitrogens with zero attached hydrogens (tertiary/aromatic N) is 2. The highest BCUT2D eigenvalue weighted by atomic mass is 32.1. The third kappa shape index (κ3) is 2.97. The Hall–Kier alpha value is -2.15. The zero-order chi connectivity index (χ0) is 14.8. The minimum absolute atomic E-state index is 0.0669. The van der Waals surface area contributed by atoms with E-state index < -0.39 is 11.9 Å². The summed E-state index contributed by atoms with van der Waals surface area (Å²) in [6, 6.07) is 1.82. The fourth-order valence-electron chi connectivity index (χ4n) is 2.36. The molecular weight excluding hydrogens is 292 g/mol. The number of hydrogen-bond acceptors (Lipinski definition) is 5. The van der Waals surface area contributed by atoms with Crippen LogP contribution in [0.2, 0.25) is 0 Å². The Morgan fingerprint density at radius 2 is 2.38 bits per heavy atom. The maximum Gasteiger partial charge on any atom is 0.308 e. The molecule has 21 heavy (non-hydrogen) atoms. The van der Waals surface area contributed by atoms with Gasteiger partial charge in [-0.2, -0.15) is 0 Å². The number of hydrogen-bond donors (Lipinski definition) is 1. The van der Waals surface area contributed by atoms with Crippen LogP contribution in [0.1, 0.15) is 12.1 Å². The first-order valence-corrected chi connectivity index (χ1v) is 7.49. The van der Waals surface area contributed by atoms with Gasteiger partial charge < -0.3 is 14.4 Å². The third-order valence-electron chi connectivity index (χ3n) is 3.54. The Morgan fingerprint density at radius 3 is 3.05 bits per heavy atom. The van der Waals surface area contributed by atoms with Crippen molar-refractivity contribution in [1.82, 2.24) is 9.88 Å². The number of rotatable bonds is 4. The molecule has 1 fully saturated rings. The van der Waals surface area contributed by atoms with Crippen LogP contribution in [0.3, 0.4) is 0 Å². The van der Waals surface area contributed by atoms with Crippen LogP contribution in [0, 0.1) is 5.92 Å². The average molecular weight is 306 g/mol. The van der Waals surface area contributed by atoms with Crippen molar-refractivity contribution in [2.75, 3.05) is 13.1 Å². The van der Waals surface area contributed by atoms with E-state index in [4.69, 9.17) is 9.52 Å². The molecule has 2 aromatic rings. The Kier molecular flexibility index (Phi) is 3.74. The van der Waals surface area contributed by atoms with Crippen molar-refractivity contribution in [3.05, 3.63) is 29.7 Å². The fraction of sp³-hybridized carbons (Fsp3) is 0.357. The monoisotopic (exact) mass is 306 g/mol. The summed E-state index contributed by atoms with van der Waals surface area (Å²) in [6.07, 6.45) is 3.93. The third-order valence-corrected chi connectivity index (χ3v) is 4.48. The molecule has 110 valence electrons. The SMILES string of the molecule is O=C(O)[C@@H]1CCN(C(=O)Cc2csc(-c3ccoc3)n2)C1. The molecule has 2 aromatic heterocycles. The van der Waals surface area contributed by atoms with Crippen molar-refractivity contribution in [2.45, 2.75) is 12.8 Å². The molecule has 0 bridgehead atoms. The smallest absolute Gasteiger partial charge is 0.308 e. The van der Waals surface area contributed by atoms with Crippen molar-refractivity contribution in [3.63, 3.8) is 0 Å². The number of furan rings is 1. The van der Waals surface area contributed by atoms with Gasteiger partial charge in [0.05, 0.1) is 24.3 Å². The van der Waals surface area contributed by atoms with Gasteiger partial charge in [-0.25, -0.2) is 4.98 Å². The second-order valence-corrected chi connectivity index (χ2v) is 5.85. The number of aliphatic carboxylic acids is 1. The average Bonchev–Trinajstić information content (AvgIpc) is 3.19. The van der Waals surface area contributed by atoms with Crippen molar-refractivity contribution < 1.29 is 19.1 Å². The van der Waals surface area contributed by atoms with E-state index in [1.165, 1.54) is 11.3 Å². The van der Waals surface area contributed by atoms with Gasteiger partial charge in [0.2, 0.25) is 5.91 Å². The standard InChI is InChI=1S/C14H14N2O4S/c17-12(16-3-1-9(6-16)14(18)19)5-11-8-21-13(15-11)10-2-4-20-7-10/h2,4,7-9H,1,3,5-6H2,(H,18,19)/t9-/m1/s1. The topological polar surface area (TPSA) is 83.6 Å². The van der Waals surface area contributed by atoms with Gasteiger partial charge in [0.25, 0.3) is 0 Å². The van der Waals surface area contributed by atoms with E-state index in [0.717, 1.165) is 10.6 Å². The van der Waals surface area contributed by atoms with Gasteiger partial charge in [0.1, 0.15) is 11.3 Å². The van der Waals surface area contributed by atoms with E-state index in [2.05, 4.69) is 4.98 Å². The van der Waals surface area contributed by atoms with Crippen LogP contribution < -0.4 is 0 Å². The molecule has 7 heteroatoms. The molecule has 0 aliphatic carbocycles. The molecule has 0 radical (unpaired) electrons. The molecule has 6 nitrogen and oxygen atoms in total. The maximum absolute atomic E-state index is 12.2. The number of thiazole rings is 1. The number of aromatic nitrogens is 1. The number of amides is 1. The molecule has 1 N–H and O–H groups in total. The fourth-order valence-corrected chi connectivity index (χ4v) is 3.17. The normalized spacial score (nSPS) is 18.1. The molecular formula is C14H14N2O4S. The summed E-state index contributed by atoms with van der Waals surface area (Å²) in [6.45, 7) is 0.807. The molecule has 1 aliphatic heterocycles. The van der Waals surface area contributed by atoms with Crippen LogP contribution >= 0.6 is 11.3 Å². The highest BCUT2D eigenvalue weighted by Gasteiger charge is 2.30. The quantitative estimate of drug-likeness (QED) is 0.932. The molecule has 3 heterocycles. The highest BCUT2D eigenvalue weighted by molar-refractivity contribution is 7.13. The first-order valence-electron chi connectivity index (χ1n) is 6.61. The Bertz CT molecular complexity index is 650. The second kappa shape index (κ2) is 5.69. The predicted molar refractivity (Wildman–Crippen MR) is 75.8 cm³/mol. The second-order valence-electron chi connectivity index (χ2n) is 5.00. The molecule has 1 atom stereocenters. The molecule has 1 aliphatic rings. The largest absolute Gasteiger partial charge is 0.481 e. The minimum Gasteiger partial charge on any atom is -0.481 e. The summed E-state index contributed by atoms with van der Waals surface area (Å²) >= 11 is 1.46. The number of carbonyl (C=O) groups is 2. The number of carboxylic acids is 1. The van der Waals surface area contributed by atoms with Crippen molar-refractivity contribution in [2.24, 2.45) is 5.92 Å². The van der Waals surface area contributed by atoms with E-state index in [0.29, 0.717) is 25.2 Å². The predicted octanol–water partition coefficient (Wildman–Crippen LogP) is 1.88. The summed E-state index contributed by atoms with van der Waals surface area (Å²) in [7, 11) is 0. The first-order chi connectivity index (χ1) is 10.1. The van der Waals surface area contributed by atoms with Crippen LogP contribution in [-0.2, 0) is 16.0 Å². The van der Waals surface area contributed by atoms with Crippen LogP contribution in [0.5, 0.6) is 0 Å². The summed E-state index contributed by atoms with van der Waals surface area (Å²) < 4.78 is 5.01. The van der Waals surface area contributed by atoms with Gasteiger partial charge in [-0.1, -0.05) is 0 Å². The van der Waals surface area contributed by atoms with Crippen LogP contribution in [0.4, 0.5) is 0 Å². The van der Waals surface area contributed by atoms with Crippen LogP contribution in [0.15, 0.2) is 28.4 Å². The summed E-state index contributed by atoms with van der Waals surface area (Å²) in [5.74, 6) is -1.34. The first kappa shape index (κ1) is 13.8.